The molecule has 1 saturated carbocycles. The molecule has 3 atom stereocenters. The smallest absolute Gasteiger partial charge is 0.0196 e. The molecule has 1 heterocycles. The fourth-order valence-corrected chi connectivity index (χ4v) is 3.35. The standard InChI is InChI=1S/C14H28N2/c1-11-7-8-16(9-12(11)2)10-14(15)13-5-3-4-6-13/h11-14H,3-10,15H2,1-2H3. The number of hydrogen-bond donors (Lipinski definition) is 1. The molecule has 2 nitrogen and oxygen atoms in total. The number of nitrogens with two attached hydrogens (primary N) is 1. The van der Waals surface area contributed by atoms with Gasteiger partial charge in [0.2, 0.25) is 0 Å². The van der Waals surface area contributed by atoms with Crippen LogP contribution in [0.2, 0.25) is 0 Å². The minimum absolute atomic E-state index is 0.433. The quantitative estimate of drug-likeness (QED) is 0.798. The highest BCUT2D eigenvalue weighted by atomic mass is 15.1. The van der Waals surface area contributed by atoms with Gasteiger partial charge in [-0.1, -0.05) is 26.7 Å². The van der Waals surface area contributed by atoms with Crippen molar-refractivity contribution < 1.29 is 0 Å². The second kappa shape index (κ2) is 5.50. The SMILES string of the molecule is CC1CCN(CC(N)C2CCCC2)CC1C. The summed E-state index contributed by atoms with van der Waals surface area (Å²) in [6.07, 6.45) is 6.93. The van der Waals surface area contributed by atoms with Gasteiger partial charge < -0.3 is 10.6 Å². The molecule has 2 fully saturated rings. The van der Waals surface area contributed by atoms with E-state index in [2.05, 4.69) is 18.7 Å². The zero-order valence-corrected chi connectivity index (χ0v) is 11.0. The Morgan fingerprint density at radius 2 is 1.81 bits per heavy atom. The Hall–Kier alpha value is -0.0800. The second-order valence-electron chi connectivity index (χ2n) is 6.21. The van der Waals surface area contributed by atoms with Crippen LogP contribution < -0.4 is 5.73 Å². The number of hydrogen-bond acceptors (Lipinski definition) is 2. The highest BCUT2D eigenvalue weighted by Crippen LogP contribution is 2.28. The van der Waals surface area contributed by atoms with Gasteiger partial charge in [-0.2, -0.15) is 0 Å². The number of likely N-dealkylation sites (tertiary alicyclic amines) is 1. The Balaban J connectivity index is 1.76. The molecule has 2 N–H and O–H groups in total. The summed E-state index contributed by atoms with van der Waals surface area (Å²) in [6, 6.07) is 0.433. The third kappa shape index (κ3) is 2.98. The molecule has 2 aliphatic rings. The van der Waals surface area contributed by atoms with Crippen molar-refractivity contribution >= 4 is 0 Å². The molecule has 0 amide bonds. The van der Waals surface area contributed by atoms with Gasteiger partial charge in [0.1, 0.15) is 0 Å². The maximum atomic E-state index is 6.35. The van der Waals surface area contributed by atoms with Crippen molar-refractivity contribution in [3.05, 3.63) is 0 Å². The van der Waals surface area contributed by atoms with E-state index in [0.29, 0.717) is 6.04 Å². The summed E-state index contributed by atoms with van der Waals surface area (Å²) in [7, 11) is 0. The summed E-state index contributed by atoms with van der Waals surface area (Å²) < 4.78 is 0. The Kier molecular flexibility index (Phi) is 4.26. The van der Waals surface area contributed by atoms with E-state index in [1.165, 1.54) is 45.2 Å². The lowest BCUT2D eigenvalue weighted by atomic mass is 9.88. The van der Waals surface area contributed by atoms with E-state index in [-0.39, 0.29) is 0 Å². The zero-order chi connectivity index (χ0) is 11.5. The van der Waals surface area contributed by atoms with E-state index < -0.39 is 0 Å². The number of nitrogens with zero attached hydrogens (tertiary/aromatic N) is 1. The van der Waals surface area contributed by atoms with Crippen molar-refractivity contribution in [3.63, 3.8) is 0 Å². The fourth-order valence-electron chi connectivity index (χ4n) is 3.35. The van der Waals surface area contributed by atoms with Gasteiger partial charge in [0.15, 0.2) is 0 Å². The summed E-state index contributed by atoms with van der Waals surface area (Å²) in [6.45, 7) is 8.45. The molecule has 1 aliphatic heterocycles. The van der Waals surface area contributed by atoms with Gasteiger partial charge in [-0.15, -0.1) is 0 Å². The van der Waals surface area contributed by atoms with Crippen LogP contribution in [0.5, 0.6) is 0 Å². The minimum atomic E-state index is 0.433. The van der Waals surface area contributed by atoms with Gasteiger partial charge in [0.05, 0.1) is 0 Å². The molecule has 1 saturated heterocycles. The first kappa shape index (κ1) is 12.4. The summed E-state index contributed by atoms with van der Waals surface area (Å²) in [5.41, 5.74) is 6.35. The topological polar surface area (TPSA) is 29.3 Å². The monoisotopic (exact) mass is 224 g/mol. The van der Waals surface area contributed by atoms with Crippen LogP contribution >= 0.6 is 0 Å². The molecular weight excluding hydrogens is 196 g/mol. The highest BCUT2D eigenvalue weighted by molar-refractivity contribution is 4.83. The summed E-state index contributed by atoms with van der Waals surface area (Å²) in [4.78, 5) is 2.60. The highest BCUT2D eigenvalue weighted by Gasteiger charge is 2.27. The predicted octanol–water partition coefficient (Wildman–Crippen LogP) is 2.48. The van der Waals surface area contributed by atoms with E-state index in [1.807, 2.05) is 0 Å². The molecule has 1 aliphatic carbocycles. The average molecular weight is 224 g/mol. The summed E-state index contributed by atoms with van der Waals surface area (Å²) in [5, 5.41) is 0. The van der Waals surface area contributed by atoms with Gasteiger partial charge in [-0.25, -0.2) is 0 Å². The lowest BCUT2D eigenvalue weighted by Gasteiger charge is -2.37. The van der Waals surface area contributed by atoms with E-state index >= 15 is 0 Å². The summed E-state index contributed by atoms with van der Waals surface area (Å²) in [5.74, 6) is 2.57. The molecule has 0 bridgehead atoms. The lowest BCUT2D eigenvalue weighted by Crippen LogP contribution is -2.46. The van der Waals surface area contributed by atoms with Gasteiger partial charge >= 0.3 is 0 Å². The fraction of sp³-hybridized carbons (Fsp3) is 1.00. The van der Waals surface area contributed by atoms with Crippen LogP contribution in [0.15, 0.2) is 0 Å². The molecule has 0 aromatic heterocycles. The van der Waals surface area contributed by atoms with Gasteiger partial charge in [-0.05, 0) is 43.6 Å². The minimum Gasteiger partial charge on any atom is -0.326 e. The van der Waals surface area contributed by atoms with Crippen LogP contribution in [0, 0.1) is 17.8 Å². The van der Waals surface area contributed by atoms with E-state index in [4.69, 9.17) is 5.73 Å². The molecule has 0 spiro atoms. The normalized spacial score (nSPS) is 35.4. The third-order valence-electron chi connectivity index (χ3n) is 4.89. The first-order valence-electron chi connectivity index (χ1n) is 7.14. The van der Waals surface area contributed by atoms with E-state index in [9.17, 15) is 0 Å². The van der Waals surface area contributed by atoms with Crippen molar-refractivity contribution in [2.24, 2.45) is 23.5 Å². The Morgan fingerprint density at radius 3 is 2.44 bits per heavy atom. The Morgan fingerprint density at radius 1 is 1.12 bits per heavy atom. The van der Waals surface area contributed by atoms with Crippen molar-refractivity contribution in [2.75, 3.05) is 19.6 Å². The Bertz CT molecular complexity index is 211. The van der Waals surface area contributed by atoms with Crippen LogP contribution in [-0.2, 0) is 0 Å². The van der Waals surface area contributed by atoms with Crippen molar-refractivity contribution in [3.8, 4) is 0 Å². The van der Waals surface area contributed by atoms with E-state index in [1.54, 1.807) is 0 Å². The average Bonchev–Trinajstić information content (AvgIpc) is 2.77. The third-order valence-corrected chi connectivity index (χ3v) is 4.89. The van der Waals surface area contributed by atoms with Crippen LogP contribution in [0.3, 0.4) is 0 Å². The molecule has 3 unspecified atom stereocenters. The van der Waals surface area contributed by atoms with Crippen molar-refractivity contribution in [2.45, 2.75) is 52.0 Å². The first-order valence-corrected chi connectivity index (χ1v) is 7.14. The van der Waals surface area contributed by atoms with Crippen molar-refractivity contribution in [1.82, 2.24) is 4.90 Å². The van der Waals surface area contributed by atoms with Crippen LogP contribution in [0.1, 0.15) is 46.0 Å². The number of piperidine rings is 1. The van der Waals surface area contributed by atoms with Crippen molar-refractivity contribution in [1.29, 1.82) is 0 Å². The molecule has 0 radical (unpaired) electrons. The van der Waals surface area contributed by atoms with Gasteiger partial charge in [0, 0.05) is 19.1 Å². The number of rotatable bonds is 3. The maximum Gasteiger partial charge on any atom is 0.0196 e. The molecule has 0 aromatic carbocycles. The molecule has 0 aromatic rings. The Labute approximate surface area is 101 Å². The molecule has 2 rings (SSSR count). The van der Waals surface area contributed by atoms with Crippen LogP contribution in [0.25, 0.3) is 0 Å². The summed E-state index contributed by atoms with van der Waals surface area (Å²) >= 11 is 0. The molecular formula is C14H28N2. The second-order valence-corrected chi connectivity index (χ2v) is 6.21. The van der Waals surface area contributed by atoms with Gasteiger partial charge in [-0.3, -0.25) is 0 Å². The van der Waals surface area contributed by atoms with Crippen LogP contribution in [-0.4, -0.2) is 30.6 Å². The molecule has 16 heavy (non-hydrogen) atoms. The predicted molar refractivity (Wildman–Crippen MR) is 69.3 cm³/mol. The molecule has 2 heteroatoms. The molecule has 94 valence electrons. The first-order chi connectivity index (χ1) is 7.66. The lowest BCUT2D eigenvalue weighted by molar-refractivity contribution is 0.123. The van der Waals surface area contributed by atoms with Gasteiger partial charge in [0.25, 0.3) is 0 Å². The zero-order valence-electron chi connectivity index (χ0n) is 11.0. The van der Waals surface area contributed by atoms with Crippen LogP contribution in [0.4, 0.5) is 0 Å². The maximum absolute atomic E-state index is 6.35. The largest absolute Gasteiger partial charge is 0.326 e. The van der Waals surface area contributed by atoms with E-state index in [0.717, 1.165) is 24.3 Å².